The maximum Gasteiger partial charge on any atom is 0.240 e. The van der Waals surface area contributed by atoms with E-state index in [1.54, 1.807) is 4.90 Å². The molecule has 1 amide bonds. The average molecular weight is 257 g/mol. The number of hydrogen-bond acceptors (Lipinski definition) is 4. The summed E-state index contributed by atoms with van der Waals surface area (Å²) in [5, 5.41) is 4.00. The highest BCUT2D eigenvalue weighted by molar-refractivity contribution is 8.00. The third-order valence-electron chi connectivity index (χ3n) is 3.77. The Balaban J connectivity index is 2.09. The lowest BCUT2D eigenvalue weighted by Crippen LogP contribution is -2.61. The second-order valence-corrected chi connectivity index (χ2v) is 6.61. The van der Waals surface area contributed by atoms with E-state index >= 15 is 0 Å². The summed E-state index contributed by atoms with van der Waals surface area (Å²) >= 11 is 2.03. The van der Waals surface area contributed by atoms with Crippen molar-refractivity contribution in [1.29, 1.82) is 0 Å². The number of nitrogens with zero attached hydrogens (tertiary/aromatic N) is 2. The van der Waals surface area contributed by atoms with E-state index in [-0.39, 0.29) is 11.9 Å². The normalized spacial score (nSPS) is 34.9. The Labute approximate surface area is 108 Å². The van der Waals surface area contributed by atoms with E-state index in [4.69, 9.17) is 0 Å². The molecule has 0 radical (unpaired) electrons. The molecule has 2 aliphatic heterocycles. The lowest BCUT2D eigenvalue weighted by atomic mass is 10.0. The fourth-order valence-electron chi connectivity index (χ4n) is 2.80. The summed E-state index contributed by atoms with van der Waals surface area (Å²) in [7, 11) is 3.70. The molecule has 2 rings (SSSR count). The molecule has 3 unspecified atom stereocenters. The summed E-state index contributed by atoms with van der Waals surface area (Å²) in [6.07, 6.45) is 1.23. The monoisotopic (exact) mass is 257 g/mol. The van der Waals surface area contributed by atoms with Gasteiger partial charge in [-0.2, -0.15) is 11.8 Å². The zero-order valence-corrected chi connectivity index (χ0v) is 11.8. The number of hydrogen-bond donors (Lipinski definition) is 1. The number of carbonyl (C=O) groups excluding carboxylic acids is 1. The van der Waals surface area contributed by atoms with Crippen LogP contribution in [0.1, 0.15) is 13.3 Å². The van der Waals surface area contributed by atoms with E-state index in [0.29, 0.717) is 11.3 Å². The van der Waals surface area contributed by atoms with E-state index in [0.717, 1.165) is 19.6 Å². The van der Waals surface area contributed by atoms with Gasteiger partial charge in [0.1, 0.15) is 6.04 Å². The topological polar surface area (TPSA) is 35.6 Å². The van der Waals surface area contributed by atoms with Crippen LogP contribution >= 0.6 is 11.8 Å². The van der Waals surface area contributed by atoms with Crippen LogP contribution < -0.4 is 5.32 Å². The zero-order chi connectivity index (χ0) is 12.4. The molecule has 0 aromatic rings. The lowest BCUT2D eigenvalue weighted by molar-refractivity contribution is -0.136. The average Bonchev–Trinajstić information content (AvgIpc) is 2.74. The van der Waals surface area contributed by atoms with E-state index in [9.17, 15) is 4.79 Å². The number of piperazine rings is 1. The molecule has 3 atom stereocenters. The molecule has 17 heavy (non-hydrogen) atoms. The Morgan fingerprint density at radius 1 is 1.47 bits per heavy atom. The Kier molecular flexibility index (Phi) is 4.33. The van der Waals surface area contributed by atoms with E-state index in [2.05, 4.69) is 17.1 Å². The van der Waals surface area contributed by atoms with Gasteiger partial charge in [-0.1, -0.05) is 6.92 Å². The lowest BCUT2D eigenvalue weighted by Gasteiger charge is -2.41. The SMILES string of the molecule is CC1SCCC1N1CCNCC1C(=O)N(C)C. The minimum absolute atomic E-state index is 0.0323. The van der Waals surface area contributed by atoms with Crippen molar-refractivity contribution < 1.29 is 4.79 Å². The summed E-state index contributed by atoms with van der Waals surface area (Å²) in [6, 6.07) is 0.612. The number of likely N-dealkylation sites (N-methyl/N-ethyl adjacent to an activating group) is 1. The molecule has 2 heterocycles. The Morgan fingerprint density at radius 3 is 2.82 bits per heavy atom. The van der Waals surface area contributed by atoms with Crippen LogP contribution in [-0.2, 0) is 4.79 Å². The van der Waals surface area contributed by atoms with Gasteiger partial charge in [0.15, 0.2) is 0 Å². The largest absolute Gasteiger partial charge is 0.347 e. The van der Waals surface area contributed by atoms with Gasteiger partial charge in [0, 0.05) is 45.0 Å². The van der Waals surface area contributed by atoms with Crippen LogP contribution in [0.25, 0.3) is 0 Å². The molecule has 0 aromatic carbocycles. The van der Waals surface area contributed by atoms with Crippen molar-refractivity contribution in [2.24, 2.45) is 0 Å². The van der Waals surface area contributed by atoms with Crippen molar-refractivity contribution in [2.45, 2.75) is 30.7 Å². The molecule has 4 nitrogen and oxygen atoms in total. The second kappa shape index (κ2) is 5.59. The van der Waals surface area contributed by atoms with Gasteiger partial charge in [0.2, 0.25) is 5.91 Å². The summed E-state index contributed by atoms with van der Waals surface area (Å²) in [6.45, 7) is 5.09. The molecule has 0 aliphatic carbocycles. The van der Waals surface area contributed by atoms with E-state index in [1.165, 1.54) is 12.2 Å². The highest BCUT2D eigenvalue weighted by Gasteiger charge is 2.38. The standard InChI is InChI=1S/C12H23N3OS/c1-9-10(4-7-17-9)15-6-5-13-8-11(15)12(16)14(2)3/h9-11,13H,4-8H2,1-3H3. The van der Waals surface area contributed by atoms with Crippen LogP contribution in [0, 0.1) is 0 Å². The van der Waals surface area contributed by atoms with Crippen molar-refractivity contribution in [3.05, 3.63) is 0 Å². The van der Waals surface area contributed by atoms with Crippen molar-refractivity contribution in [3.8, 4) is 0 Å². The van der Waals surface area contributed by atoms with Crippen LogP contribution in [0.2, 0.25) is 0 Å². The van der Waals surface area contributed by atoms with E-state index in [1.807, 2.05) is 25.9 Å². The molecule has 98 valence electrons. The highest BCUT2D eigenvalue weighted by Crippen LogP contribution is 2.31. The Bertz CT molecular complexity index is 285. The molecule has 2 saturated heterocycles. The molecule has 1 N–H and O–H groups in total. The van der Waals surface area contributed by atoms with Gasteiger partial charge >= 0.3 is 0 Å². The highest BCUT2D eigenvalue weighted by atomic mass is 32.2. The summed E-state index contributed by atoms with van der Waals surface area (Å²) in [5.41, 5.74) is 0. The molecular formula is C12H23N3OS. The number of amides is 1. The summed E-state index contributed by atoms with van der Waals surface area (Å²) in [5.74, 6) is 1.47. The number of thioether (sulfide) groups is 1. The zero-order valence-electron chi connectivity index (χ0n) is 11.0. The van der Waals surface area contributed by atoms with Gasteiger partial charge in [0.05, 0.1) is 0 Å². The van der Waals surface area contributed by atoms with Crippen molar-refractivity contribution in [1.82, 2.24) is 15.1 Å². The summed E-state index contributed by atoms with van der Waals surface area (Å²) in [4.78, 5) is 16.4. The van der Waals surface area contributed by atoms with Crippen LogP contribution in [0.15, 0.2) is 0 Å². The predicted molar refractivity (Wildman–Crippen MR) is 72.4 cm³/mol. The van der Waals surface area contributed by atoms with Crippen molar-refractivity contribution in [3.63, 3.8) is 0 Å². The second-order valence-electron chi connectivity index (χ2n) is 5.12. The first-order valence-electron chi connectivity index (χ1n) is 6.40. The smallest absolute Gasteiger partial charge is 0.240 e. The molecule has 0 saturated carbocycles. The number of nitrogens with one attached hydrogen (secondary N) is 1. The first-order valence-corrected chi connectivity index (χ1v) is 7.45. The fourth-order valence-corrected chi connectivity index (χ4v) is 4.06. The van der Waals surface area contributed by atoms with Gasteiger partial charge in [0.25, 0.3) is 0 Å². The summed E-state index contributed by atoms with van der Waals surface area (Å²) < 4.78 is 0. The number of carbonyl (C=O) groups is 1. The van der Waals surface area contributed by atoms with Crippen molar-refractivity contribution in [2.75, 3.05) is 39.5 Å². The fraction of sp³-hybridized carbons (Fsp3) is 0.917. The van der Waals surface area contributed by atoms with Crippen LogP contribution in [-0.4, -0.2) is 72.5 Å². The third kappa shape index (κ3) is 2.77. The Morgan fingerprint density at radius 2 is 2.24 bits per heavy atom. The molecule has 0 spiro atoms. The molecule has 5 heteroatoms. The molecular weight excluding hydrogens is 234 g/mol. The quantitative estimate of drug-likeness (QED) is 0.769. The third-order valence-corrected chi connectivity index (χ3v) is 5.08. The van der Waals surface area contributed by atoms with Crippen LogP contribution in [0.4, 0.5) is 0 Å². The first-order chi connectivity index (χ1) is 8.11. The molecule has 2 aliphatic rings. The van der Waals surface area contributed by atoms with Gasteiger partial charge < -0.3 is 10.2 Å². The Hall–Kier alpha value is -0.260. The molecule has 0 bridgehead atoms. The minimum Gasteiger partial charge on any atom is -0.347 e. The number of rotatable bonds is 2. The maximum absolute atomic E-state index is 12.2. The molecule has 0 aromatic heterocycles. The van der Waals surface area contributed by atoms with Crippen LogP contribution in [0.3, 0.4) is 0 Å². The predicted octanol–water partition coefficient (Wildman–Crippen LogP) is 0.242. The van der Waals surface area contributed by atoms with Gasteiger partial charge in [-0.25, -0.2) is 0 Å². The van der Waals surface area contributed by atoms with Crippen LogP contribution in [0.5, 0.6) is 0 Å². The first kappa shape index (κ1) is 13.2. The van der Waals surface area contributed by atoms with Gasteiger partial charge in [-0.15, -0.1) is 0 Å². The molecule has 2 fully saturated rings. The van der Waals surface area contributed by atoms with Gasteiger partial charge in [-0.3, -0.25) is 9.69 Å². The van der Waals surface area contributed by atoms with E-state index < -0.39 is 0 Å². The minimum atomic E-state index is 0.0323. The maximum atomic E-state index is 12.2. The van der Waals surface area contributed by atoms with Crippen molar-refractivity contribution >= 4 is 17.7 Å². The van der Waals surface area contributed by atoms with Gasteiger partial charge in [-0.05, 0) is 12.2 Å².